The molecule has 0 fully saturated rings. The van der Waals surface area contributed by atoms with Crippen molar-refractivity contribution >= 4 is 11.6 Å². The van der Waals surface area contributed by atoms with Gasteiger partial charge in [-0.05, 0) is 43.1 Å². The Kier molecular flexibility index (Phi) is 7.21. The highest BCUT2D eigenvalue weighted by Crippen LogP contribution is 2.21. The average Bonchev–Trinajstić information content (AvgIpc) is 2.40. The molecular formula is C15H24ClNO2. The van der Waals surface area contributed by atoms with Crippen LogP contribution in [0.5, 0.6) is 5.75 Å². The molecule has 0 radical (unpaired) electrons. The molecule has 3 nitrogen and oxygen atoms in total. The van der Waals surface area contributed by atoms with E-state index in [0.717, 1.165) is 29.3 Å². The third-order valence-corrected chi connectivity index (χ3v) is 3.57. The number of hydrogen-bond acceptors (Lipinski definition) is 3. The van der Waals surface area contributed by atoms with Gasteiger partial charge in [0.15, 0.2) is 0 Å². The Labute approximate surface area is 120 Å². The highest BCUT2D eigenvalue weighted by atomic mass is 35.5. The van der Waals surface area contributed by atoms with Gasteiger partial charge in [0, 0.05) is 11.6 Å². The molecule has 0 aliphatic heterocycles. The van der Waals surface area contributed by atoms with Crippen molar-refractivity contribution in [2.45, 2.75) is 33.3 Å². The standard InChI is InChI=1S/C15H24ClNO2/c1-4-11(2)8-17-9-13(18)10-19-14-5-6-15(16)12(3)7-14/h5-7,11,13,17-18H,4,8-10H2,1-3H3. The molecule has 0 aromatic heterocycles. The molecule has 108 valence electrons. The smallest absolute Gasteiger partial charge is 0.119 e. The molecular weight excluding hydrogens is 262 g/mol. The zero-order valence-electron chi connectivity index (χ0n) is 11.9. The SMILES string of the molecule is CCC(C)CNCC(O)COc1ccc(Cl)c(C)c1. The van der Waals surface area contributed by atoms with Gasteiger partial charge in [-0.25, -0.2) is 0 Å². The number of hydrogen-bond donors (Lipinski definition) is 2. The maximum Gasteiger partial charge on any atom is 0.119 e. The van der Waals surface area contributed by atoms with Crippen LogP contribution in [-0.4, -0.2) is 30.9 Å². The van der Waals surface area contributed by atoms with E-state index in [1.807, 2.05) is 19.1 Å². The Hall–Kier alpha value is -0.770. The van der Waals surface area contributed by atoms with E-state index in [4.69, 9.17) is 16.3 Å². The number of aryl methyl sites for hydroxylation is 1. The number of rotatable bonds is 8. The van der Waals surface area contributed by atoms with E-state index in [1.54, 1.807) is 6.07 Å². The van der Waals surface area contributed by atoms with Gasteiger partial charge in [-0.3, -0.25) is 0 Å². The van der Waals surface area contributed by atoms with Gasteiger partial charge in [0.05, 0.1) is 0 Å². The third-order valence-electron chi connectivity index (χ3n) is 3.14. The van der Waals surface area contributed by atoms with Crippen LogP contribution in [0.1, 0.15) is 25.8 Å². The molecule has 0 aliphatic carbocycles. The lowest BCUT2D eigenvalue weighted by atomic mass is 10.1. The first-order chi connectivity index (χ1) is 9.02. The highest BCUT2D eigenvalue weighted by molar-refractivity contribution is 6.31. The number of nitrogens with one attached hydrogen (secondary N) is 1. The van der Waals surface area contributed by atoms with E-state index < -0.39 is 6.10 Å². The van der Waals surface area contributed by atoms with Crippen molar-refractivity contribution in [1.29, 1.82) is 0 Å². The van der Waals surface area contributed by atoms with Crippen molar-refractivity contribution in [1.82, 2.24) is 5.32 Å². The maximum absolute atomic E-state index is 9.81. The second-order valence-electron chi connectivity index (χ2n) is 5.05. The molecule has 0 heterocycles. The summed E-state index contributed by atoms with van der Waals surface area (Å²) in [4.78, 5) is 0. The zero-order valence-corrected chi connectivity index (χ0v) is 12.7. The van der Waals surface area contributed by atoms with Crippen LogP contribution in [0.4, 0.5) is 0 Å². The first kappa shape index (κ1) is 16.3. The van der Waals surface area contributed by atoms with Gasteiger partial charge in [-0.1, -0.05) is 31.9 Å². The minimum Gasteiger partial charge on any atom is -0.491 e. The van der Waals surface area contributed by atoms with Crippen LogP contribution >= 0.6 is 11.6 Å². The van der Waals surface area contributed by atoms with Crippen molar-refractivity contribution in [2.75, 3.05) is 19.7 Å². The van der Waals surface area contributed by atoms with Crippen molar-refractivity contribution in [3.63, 3.8) is 0 Å². The summed E-state index contributed by atoms with van der Waals surface area (Å²) in [7, 11) is 0. The van der Waals surface area contributed by atoms with Gasteiger partial charge in [-0.15, -0.1) is 0 Å². The normalized spacial score (nSPS) is 14.2. The molecule has 2 atom stereocenters. The molecule has 19 heavy (non-hydrogen) atoms. The minimum absolute atomic E-state index is 0.286. The van der Waals surface area contributed by atoms with Crippen LogP contribution in [0.25, 0.3) is 0 Å². The van der Waals surface area contributed by atoms with Crippen LogP contribution in [0.15, 0.2) is 18.2 Å². The zero-order chi connectivity index (χ0) is 14.3. The summed E-state index contributed by atoms with van der Waals surface area (Å²) < 4.78 is 5.54. The first-order valence-electron chi connectivity index (χ1n) is 6.80. The molecule has 0 amide bonds. The lowest BCUT2D eigenvalue weighted by Crippen LogP contribution is -2.33. The molecule has 1 rings (SSSR count). The van der Waals surface area contributed by atoms with Crippen LogP contribution in [0, 0.1) is 12.8 Å². The predicted molar refractivity (Wildman–Crippen MR) is 80.0 cm³/mol. The third kappa shape index (κ3) is 6.28. The van der Waals surface area contributed by atoms with E-state index >= 15 is 0 Å². The summed E-state index contributed by atoms with van der Waals surface area (Å²) in [6.07, 6.45) is 0.643. The van der Waals surface area contributed by atoms with Gasteiger partial charge in [0.2, 0.25) is 0 Å². The number of ether oxygens (including phenoxy) is 1. The van der Waals surface area contributed by atoms with E-state index in [9.17, 15) is 5.11 Å². The van der Waals surface area contributed by atoms with Crippen LogP contribution in [-0.2, 0) is 0 Å². The Morgan fingerprint density at radius 2 is 2.11 bits per heavy atom. The molecule has 0 saturated carbocycles. The second kappa shape index (κ2) is 8.41. The summed E-state index contributed by atoms with van der Waals surface area (Å²) >= 11 is 5.94. The first-order valence-corrected chi connectivity index (χ1v) is 7.18. The second-order valence-corrected chi connectivity index (χ2v) is 5.45. The van der Waals surface area contributed by atoms with E-state index in [-0.39, 0.29) is 6.61 Å². The Morgan fingerprint density at radius 3 is 2.74 bits per heavy atom. The molecule has 2 unspecified atom stereocenters. The van der Waals surface area contributed by atoms with Crippen LogP contribution in [0.3, 0.4) is 0 Å². The van der Waals surface area contributed by atoms with Crippen LogP contribution < -0.4 is 10.1 Å². The van der Waals surface area contributed by atoms with Crippen LogP contribution in [0.2, 0.25) is 5.02 Å². The molecule has 1 aromatic carbocycles. The monoisotopic (exact) mass is 285 g/mol. The number of halogens is 1. The van der Waals surface area contributed by atoms with Crippen molar-refractivity contribution in [3.8, 4) is 5.75 Å². The summed E-state index contributed by atoms with van der Waals surface area (Å²) in [6.45, 7) is 8.04. The Morgan fingerprint density at radius 1 is 1.37 bits per heavy atom. The summed E-state index contributed by atoms with van der Waals surface area (Å²) in [6, 6.07) is 5.50. The molecule has 1 aromatic rings. The molecule has 2 N–H and O–H groups in total. The fraction of sp³-hybridized carbons (Fsp3) is 0.600. The maximum atomic E-state index is 9.81. The van der Waals surface area contributed by atoms with Gasteiger partial charge in [0.1, 0.15) is 18.5 Å². The summed E-state index contributed by atoms with van der Waals surface area (Å²) in [5.41, 5.74) is 0.976. The molecule has 4 heteroatoms. The number of aliphatic hydroxyl groups is 1. The van der Waals surface area contributed by atoms with Gasteiger partial charge >= 0.3 is 0 Å². The topological polar surface area (TPSA) is 41.5 Å². The Bertz CT molecular complexity index is 384. The summed E-state index contributed by atoms with van der Waals surface area (Å²) in [5.74, 6) is 1.37. The van der Waals surface area contributed by atoms with E-state index in [2.05, 4.69) is 19.2 Å². The largest absolute Gasteiger partial charge is 0.491 e. The quantitative estimate of drug-likeness (QED) is 0.771. The van der Waals surface area contributed by atoms with Gasteiger partial charge in [-0.2, -0.15) is 0 Å². The molecule has 0 saturated heterocycles. The highest BCUT2D eigenvalue weighted by Gasteiger charge is 2.06. The minimum atomic E-state index is -0.500. The molecule has 0 aliphatic rings. The lowest BCUT2D eigenvalue weighted by Gasteiger charge is -2.15. The van der Waals surface area contributed by atoms with Gasteiger partial charge in [0.25, 0.3) is 0 Å². The van der Waals surface area contributed by atoms with E-state index in [1.165, 1.54) is 0 Å². The van der Waals surface area contributed by atoms with Crippen molar-refractivity contribution in [2.24, 2.45) is 5.92 Å². The fourth-order valence-electron chi connectivity index (χ4n) is 1.60. The predicted octanol–water partition coefficient (Wildman–Crippen LogP) is 3.02. The number of benzene rings is 1. The average molecular weight is 286 g/mol. The Balaban J connectivity index is 2.25. The fourth-order valence-corrected chi connectivity index (χ4v) is 1.72. The van der Waals surface area contributed by atoms with Gasteiger partial charge < -0.3 is 15.2 Å². The van der Waals surface area contributed by atoms with Crippen molar-refractivity contribution < 1.29 is 9.84 Å². The number of aliphatic hydroxyl groups excluding tert-OH is 1. The molecule has 0 spiro atoms. The molecule has 0 bridgehead atoms. The lowest BCUT2D eigenvalue weighted by molar-refractivity contribution is 0.105. The van der Waals surface area contributed by atoms with E-state index in [0.29, 0.717) is 12.5 Å². The summed E-state index contributed by atoms with van der Waals surface area (Å²) in [5, 5.41) is 13.8. The van der Waals surface area contributed by atoms with Crippen molar-refractivity contribution in [3.05, 3.63) is 28.8 Å².